The molecule has 0 fully saturated rings. The summed E-state index contributed by atoms with van der Waals surface area (Å²) < 4.78 is 12.7. The molecule has 3 nitrogen and oxygen atoms in total. The number of carbonyl (C=O) groups is 1. The Morgan fingerprint density at radius 3 is 2.53 bits per heavy atom. The summed E-state index contributed by atoms with van der Waals surface area (Å²) in [6.45, 7) is 2.39. The first-order chi connectivity index (χ1) is 8.54. The minimum Gasteiger partial charge on any atom is -0.342 e. The number of rotatable bonds is 6. The van der Waals surface area contributed by atoms with Crippen LogP contribution in [0.3, 0.4) is 0 Å². The summed E-state index contributed by atoms with van der Waals surface area (Å²) in [7, 11) is 1.77. The summed E-state index contributed by atoms with van der Waals surface area (Å²) in [6.07, 6.45) is 0.461. The second-order valence-corrected chi connectivity index (χ2v) is 5.31. The van der Waals surface area contributed by atoms with Gasteiger partial charge >= 0.3 is 0 Å². The molecule has 0 saturated heterocycles. The van der Waals surface area contributed by atoms with Crippen LogP contribution in [0.15, 0.2) is 29.2 Å². The monoisotopic (exact) mass is 306 g/mol. The third kappa shape index (κ3) is 6.27. The largest absolute Gasteiger partial charge is 0.342 e. The van der Waals surface area contributed by atoms with E-state index in [2.05, 4.69) is 0 Å². The molecule has 1 atom stereocenters. The zero-order chi connectivity index (χ0) is 13.5. The fourth-order valence-electron chi connectivity index (χ4n) is 1.37. The molecule has 0 aromatic heterocycles. The third-order valence-electron chi connectivity index (χ3n) is 2.79. The average Bonchev–Trinajstić information content (AvgIpc) is 2.39. The minimum atomic E-state index is -0.244. The van der Waals surface area contributed by atoms with Crippen LogP contribution < -0.4 is 5.73 Å². The molecule has 1 amide bonds. The highest BCUT2D eigenvalue weighted by Gasteiger charge is 2.13. The maximum absolute atomic E-state index is 12.7. The third-order valence-corrected chi connectivity index (χ3v) is 3.81. The molecule has 1 aromatic carbocycles. The number of halogens is 2. The lowest BCUT2D eigenvalue weighted by Crippen LogP contribution is -2.39. The van der Waals surface area contributed by atoms with E-state index in [9.17, 15) is 9.18 Å². The normalized spacial score (nSPS) is 11.6. The molecule has 1 unspecified atom stereocenters. The molecular formula is C13H20ClFN2OS. The molecule has 0 aliphatic rings. The van der Waals surface area contributed by atoms with Crippen molar-refractivity contribution < 1.29 is 9.18 Å². The van der Waals surface area contributed by atoms with Crippen LogP contribution in [0.4, 0.5) is 4.39 Å². The maximum atomic E-state index is 12.7. The van der Waals surface area contributed by atoms with Crippen molar-refractivity contribution in [3.8, 4) is 0 Å². The van der Waals surface area contributed by atoms with Gasteiger partial charge in [-0.25, -0.2) is 4.39 Å². The number of nitrogens with two attached hydrogens (primary N) is 1. The van der Waals surface area contributed by atoms with E-state index in [-0.39, 0.29) is 30.2 Å². The summed E-state index contributed by atoms with van der Waals surface area (Å²) in [5.41, 5.74) is 5.51. The molecule has 0 radical (unpaired) electrons. The Balaban J connectivity index is 0.00000324. The SMILES string of the molecule is CC(CN)N(C)C(=O)CCSc1ccc(F)cc1.Cl. The van der Waals surface area contributed by atoms with Crippen molar-refractivity contribution in [2.45, 2.75) is 24.3 Å². The fourth-order valence-corrected chi connectivity index (χ4v) is 2.21. The highest BCUT2D eigenvalue weighted by Crippen LogP contribution is 2.19. The lowest BCUT2D eigenvalue weighted by atomic mass is 10.3. The van der Waals surface area contributed by atoms with E-state index >= 15 is 0 Å². The molecule has 0 aliphatic carbocycles. The molecule has 0 saturated carbocycles. The molecule has 108 valence electrons. The first kappa shape index (κ1) is 18.2. The molecule has 6 heteroatoms. The van der Waals surface area contributed by atoms with Gasteiger partial charge in [0.2, 0.25) is 5.91 Å². The Morgan fingerprint density at radius 1 is 1.42 bits per heavy atom. The van der Waals surface area contributed by atoms with Crippen molar-refractivity contribution in [3.63, 3.8) is 0 Å². The predicted octanol–water partition coefficient (Wildman–Crippen LogP) is 2.54. The van der Waals surface area contributed by atoms with E-state index in [1.165, 1.54) is 12.1 Å². The van der Waals surface area contributed by atoms with Gasteiger partial charge in [0.25, 0.3) is 0 Å². The Hall–Kier alpha value is -0.780. The van der Waals surface area contributed by atoms with Gasteiger partial charge in [-0.15, -0.1) is 24.2 Å². The van der Waals surface area contributed by atoms with Crippen molar-refractivity contribution in [1.82, 2.24) is 4.90 Å². The molecule has 0 heterocycles. The van der Waals surface area contributed by atoms with E-state index in [0.717, 1.165) is 4.90 Å². The highest BCUT2D eigenvalue weighted by atomic mass is 35.5. The van der Waals surface area contributed by atoms with Crippen molar-refractivity contribution in [2.75, 3.05) is 19.3 Å². The van der Waals surface area contributed by atoms with Crippen molar-refractivity contribution >= 4 is 30.1 Å². The van der Waals surface area contributed by atoms with Gasteiger partial charge in [0.05, 0.1) is 0 Å². The number of likely N-dealkylation sites (N-methyl/N-ethyl adjacent to an activating group) is 1. The quantitative estimate of drug-likeness (QED) is 0.822. The molecule has 0 aliphatic heterocycles. The molecular weight excluding hydrogens is 287 g/mol. The van der Waals surface area contributed by atoms with E-state index < -0.39 is 0 Å². The Kier molecular flexibility index (Phi) is 8.80. The Bertz CT molecular complexity index is 389. The Morgan fingerprint density at radius 2 is 2.00 bits per heavy atom. The number of nitrogens with zero attached hydrogens (tertiary/aromatic N) is 1. The van der Waals surface area contributed by atoms with E-state index in [1.54, 1.807) is 35.8 Å². The number of benzene rings is 1. The van der Waals surface area contributed by atoms with Gasteiger partial charge < -0.3 is 10.6 Å². The van der Waals surface area contributed by atoms with E-state index in [0.29, 0.717) is 18.7 Å². The van der Waals surface area contributed by atoms with Crippen LogP contribution in [-0.2, 0) is 4.79 Å². The van der Waals surface area contributed by atoms with Gasteiger partial charge in [0.15, 0.2) is 0 Å². The zero-order valence-corrected chi connectivity index (χ0v) is 12.8. The predicted molar refractivity (Wildman–Crippen MR) is 80.3 cm³/mol. The summed E-state index contributed by atoms with van der Waals surface area (Å²) in [6, 6.07) is 6.35. The van der Waals surface area contributed by atoms with Crippen molar-refractivity contribution in [1.29, 1.82) is 0 Å². The molecule has 19 heavy (non-hydrogen) atoms. The summed E-state index contributed by atoms with van der Waals surface area (Å²) in [5.74, 6) is 0.529. The van der Waals surface area contributed by atoms with Crippen molar-refractivity contribution in [3.05, 3.63) is 30.1 Å². The van der Waals surface area contributed by atoms with E-state index in [4.69, 9.17) is 5.73 Å². The van der Waals surface area contributed by atoms with Crippen LogP contribution in [0.1, 0.15) is 13.3 Å². The van der Waals surface area contributed by atoms with Crippen LogP contribution in [-0.4, -0.2) is 36.2 Å². The van der Waals surface area contributed by atoms with Gasteiger partial charge in [-0.3, -0.25) is 4.79 Å². The van der Waals surface area contributed by atoms with Crippen LogP contribution in [0.2, 0.25) is 0 Å². The summed E-state index contributed by atoms with van der Waals surface area (Å²) in [5, 5.41) is 0. The first-order valence-electron chi connectivity index (χ1n) is 5.88. The van der Waals surface area contributed by atoms with Gasteiger partial charge in [-0.1, -0.05) is 0 Å². The standard InChI is InChI=1S/C13H19FN2OS.ClH/c1-10(9-15)16(2)13(17)7-8-18-12-5-3-11(14)4-6-12;/h3-6,10H,7-9,15H2,1-2H3;1H. The summed E-state index contributed by atoms with van der Waals surface area (Å²) in [4.78, 5) is 14.4. The van der Waals surface area contributed by atoms with Crippen LogP contribution in [0.5, 0.6) is 0 Å². The highest BCUT2D eigenvalue weighted by molar-refractivity contribution is 7.99. The van der Waals surface area contributed by atoms with E-state index in [1.807, 2.05) is 6.92 Å². The number of hydrogen-bond donors (Lipinski definition) is 1. The average molecular weight is 307 g/mol. The first-order valence-corrected chi connectivity index (χ1v) is 6.87. The maximum Gasteiger partial charge on any atom is 0.223 e. The zero-order valence-electron chi connectivity index (χ0n) is 11.1. The second-order valence-electron chi connectivity index (χ2n) is 4.14. The van der Waals surface area contributed by atoms with Crippen LogP contribution in [0.25, 0.3) is 0 Å². The molecule has 0 bridgehead atoms. The van der Waals surface area contributed by atoms with Gasteiger partial charge in [0, 0.05) is 36.7 Å². The van der Waals surface area contributed by atoms with Gasteiger partial charge in [-0.2, -0.15) is 0 Å². The van der Waals surface area contributed by atoms with Crippen LogP contribution >= 0.6 is 24.2 Å². The molecule has 1 aromatic rings. The molecule has 0 spiro atoms. The fraction of sp³-hybridized carbons (Fsp3) is 0.462. The number of amides is 1. The van der Waals surface area contributed by atoms with Crippen LogP contribution in [0, 0.1) is 5.82 Å². The number of hydrogen-bond acceptors (Lipinski definition) is 3. The number of thioether (sulfide) groups is 1. The van der Waals surface area contributed by atoms with Gasteiger partial charge in [-0.05, 0) is 31.2 Å². The summed E-state index contributed by atoms with van der Waals surface area (Å²) >= 11 is 1.55. The van der Waals surface area contributed by atoms with Gasteiger partial charge in [0.1, 0.15) is 5.82 Å². The lowest BCUT2D eigenvalue weighted by molar-refractivity contribution is -0.131. The topological polar surface area (TPSA) is 46.3 Å². The number of carbonyl (C=O) groups excluding carboxylic acids is 1. The smallest absolute Gasteiger partial charge is 0.223 e. The minimum absolute atomic E-state index is 0. The molecule has 2 N–H and O–H groups in total. The molecule has 1 rings (SSSR count). The second kappa shape index (κ2) is 9.18. The van der Waals surface area contributed by atoms with Crippen molar-refractivity contribution in [2.24, 2.45) is 5.73 Å². The Labute approximate surface area is 124 Å². The lowest BCUT2D eigenvalue weighted by Gasteiger charge is -2.23.